The molecule has 0 aliphatic carbocycles. The lowest BCUT2D eigenvalue weighted by Crippen LogP contribution is -2.50. The van der Waals surface area contributed by atoms with Gasteiger partial charge in [0.25, 0.3) is 0 Å². The fraction of sp³-hybridized carbons (Fsp3) is 0.318. The Balaban J connectivity index is 1.66. The van der Waals surface area contributed by atoms with Crippen LogP contribution in [0.15, 0.2) is 53.4 Å². The van der Waals surface area contributed by atoms with Gasteiger partial charge >= 0.3 is 0 Å². The van der Waals surface area contributed by atoms with E-state index in [1.54, 1.807) is 24.2 Å². The fourth-order valence-electron chi connectivity index (χ4n) is 3.35. The Kier molecular flexibility index (Phi) is 7.19. The molecule has 0 unspecified atom stereocenters. The van der Waals surface area contributed by atoms with Gasteiger partial charge in [0.1, 0.15) is 5.75 Å². The maximum absolute atomic E-state index is 13.0. The predicted octanol–water partition coefficient (Wildman–Crippen LogP) is 2.26. The lowest BCUT2D eigenvalue weighted by molar-refractivity contribution is -0.127. The van der Waals surface area contributed by atoms with E-state index < -0.39 is 10.0 Å². The second-order valence-electron chi connectivity index (χ2n) is 6.82. The molecule has 1 fully saturated rings. The molecule has 0 atom stereocenters. The highest BCUT2D eigenvalue weighted by Gasteiger charge is 2.30. The minimum absolute atomic E-state index is 0.126. The molecule has 2 aromatic rings. The summed E-state index contributed by atoms with van der Waals surface area (Å²) in [7, 11) is 0.814. The molecule has 8 nitrogen and oxygen atoms in total. The number of carbonyl (C=O) groups excluding carboxylic acids is 1. The Morgan fingerprint density at radius 3 is 2.16 bits per heavy atom. The van der Waals surface area contributed by atoms with Crippen molar-refractivity contribution < 1.29 is 27.4 Å². The van der Waals surface area contributed by atoms with Gasteiger partial charge in [0.15, 0.2) is 11.5 Å². The van der Waals surface area contributed by atoms with E-state index in [0.29, 0.717) is 30.3 Å². The fourth-order valence-corrected chi connectivity index (χ4v) is 4.78. The van der Waals surface area contributed by atoms with Crippen LogP contribution < -0.4 is 14.2 Å². The van der Waals surface area contributed by atoms with Crippen LogP contribution in [0.2, 0.25) is 0 Å². The number of para-hydroxylation sites is 1. The van der Waals surface area contributed by atoms with Crippen LogP contribution in [-0.4, -0.2) is 71.0 Å². The highest BCUT2D eigenvalue weighted by Crippen LogP contribution is 2.31. The summed E-state index contributed by atoms with van der Waals surface area (Å²) in [5.74, 6) is 1.31. The van der Waals surface area contributed by atoms with E-state index in [9.17, 15) is 13.2 Å². The van der Waals surface area contributed by atoms with Gasteiger partial charge in [-0.25, -0.2) is 8.42 Å². The van der Waals surface area contributed by atoms with Crippen LogP contribution in [0.25, 0.3) is 6.08 Å². The highest BCUT2D eigenvalue weighted by molar-refractivity contribution is 7.89. The topological polar surface area (TPSA) is 85.4 Å². The van der Waals surface area contributed by atoms with Crippen molar-refractivity contribution in [3.05, 3.63) is 54.1 Å². The molecule has 166 valence electrons. The quantitative estimate of drug-likeness (QED) is 0.607. The molecule has 3 rings (SSSR count). The number of sulfonamides is 1. The monoisotopic (exact) mass is 446 g/mol. The predicted molar refractivity (Wildman–Crippen MR) is 117 cm³/mol. The van der Waals surface area contributed by atoms with Crippen LogP contribution in [0.3, 0.4) is 0 Å². The third kappa shape index (κ3) is 5.00. The van der Waals surface area contributed by atoms with Gasteiger partial charge in [0.2, 0.25) is 15.9 Å². The van der Waals surface area contributed by atoms with E-state index in [1.165, 1.54) is 36.7 Å². The third-order valence-corrected chi connectivity index (χ3v) is 6.98. The molecule has 1 heterocycles. The minimum Gasteiger partial charge on any atom is -0.496 e. The molecule has 31 heavy (non-hydrogen) atoms. The Bertz CT molecular complexity index is 1060. The molecule has 1 saturated heterocycles. The van der Waals surface area contributed by atoms with E-state index in [0.717, 1.165) is 5.56 Å². The first-order chi connectivity index (χ1) is 14.9. The first-order valence-corrected chi connectivity index (χ1v) is 11.2. The molecule has 0 radical (unpaired) electrons. The lowest BCUT2D eigenvalue weighted by Gasteiger charge is -2.33. The molecular formula is C22H26N2O6S. The summed E-state index contributed by atoms with van der Waals surface area (Å²) in [5.41, 5.74) is 0.799. The van der Waals surface area contributed by atoms with E-state index in [2.05, 4.69) is 0 Å². The average Bonchev–Trinajstić information content (AvgIpc) is 2.82. The summed E-state index contributed by atoms with van der Waals surface area (Å²) in [4.78, 5) is 14.3. The SMILES string of the molecule is COc1ccccc1/C=C/C(=O)N1CCN(S(=O)(=O)c2ccc(OC)c(OC)c2)CC1. The van der Waals surface area contributed by atoms with Crippen molar-refractivity contribution in [2.45, 2.75) is 4.90 Å². The van der Waals surface area contributed by atoms with Gasteiger partial charge in [-0.05, 0) is 24.3 Å². The number of ether oxygens (including phenoxy) is 3. The Morgan fingerprint density at radius 2 is 1.52 bits per heavy atom. The molecule has 0 bridgehead atoms. The molecule has 0 saturated carbocycles. The number of hydrogen-bond acceptors (Lipinski definition) is 6. The van der Waals surface area contributed by atoms with Crippen molar-refractivity contribution in [1.29, 1.82) is 0 Å². The van der Waals surface area contributed by atoms with Gasteiger partial charge in [-0.15, -0.1) is 0 Å². The molecule has 0 aromatic heterocycles. The van der Waals surface area contributed by atoms with E-state index in [4.69, 9.17) is 14.2 Å². The maximum atomic E-state index is 13.0. The zero-order chi connectivity index (χ0) is 22.4. The van der Waals surface area contributed by atoms with Crippen LogP contribution in [0.1, 0.15) is 5.56 Å². The maximum Gasteiger partial charge on any atom is 0.246 e. The molecule has 1 amide bonds. The van der Waals surface area contributed by atoms with Crippen molar-refractivity contribution in [1.82, 2.24) is 9.21 Å². The van der Waals surface area contributed by atoms with Crippen molar-refractivity contribution in [2.24, 2.45) is 0 Å². The first-order valence-electron chi connectivity index (χ1n) is 9.73. The second kappa shape index (κ2) is 9.84. The first kappa shape index (κ1) is 22.6. The number of benzene rings is 2. The number of nitrogens with zero attached hydrogens (tertiary/aromatic N) is 2. The van der Waals surface area contributed by atoms with Crippen LogP contribution in [0.4, 0.5) is 0 Å². The van der Waals surface area contributed by atoms with E-state index in [-0.39, 0.29) is 23.9 Å². The molecule has 9 heteroatoms. The Morgan fingerprint density at radius 1 is 0.871 bits per heavy atom. The lowest BCUT2D eigenvalue weighted by atomic mass is 10.2. The van der Waals surface area contributed by atoms with Gasteiger partial charge in [-0.3, -0.25) is 4.79 Å². The number of piperazine rings is 1. The number of methoxy groups -OCH3 is 3. The third-order valence-electron chi connectivity index (χ3n) is 5.09. The van der Waals surface area contributed by atoms with Gasteiger partial charge in [0.05, 0.1) is 26.2 Å². The number of hydrogen-bond donors (Lipinski definition) is 0. The molecule has 0 spiro atoms. The van der Waals surface area contributed by atoms with E-state index in [1.807, 2.05) is 24.3 Å². The second-order valence-corrected chi connectivity index (χ2v) is 8.76. The van der Waals surface area contributed by atoms with Gasteiger partial charge < -0.3 is 19.1 Å². The molecule has 1 aliphatic heterocycles. The highest BCUT2D eigenvalue weighted by atomic mass is 32.2. The molecule has 1 aliphatic rings. The standard InChI is InChI=1S/C22H26N2O6S/c1-28-19-7-5-4-6-17(19)8-11-22(25)23-12-14-24(15-13-23)31(26,27)18-9-10-20(29-2)21(16-18)30-3/h4-11,16H,12-15H2,1-3H3/b11-8+. The molecule has 0 N–H and O–H groups in total. The van der Waals surface area contributed by atoms with E-state index >= 15 is 0 Å². The van der Waals surface area contributed by atoms with Crippen LogP contribution in [0, 0.1) is 0 Å². The zero-order valence-electron chi connectivity index (χ0n) is 17.8. The van der Waals surface area contributed by atoms with Crippen molar-refractivity contribution >= 4 is 22.0 Å². The number of rotatable bonds is 7. The van der Waals surface area contributed by atoms with Gasteiger partial charge in [-0.1, -0.05) is 18.2 Å². The Labute approximate surface area is 182 Å². The summed E-state index contributed by atoms with van der Waals surface area (Å²) in [6.45, 7) is 1.04. The summed E-state index contributed by atoms with van der Waals surface area (Å²) < 4.78 is 43.1. The van der Waals surface area contributed by atoms with Crippen molar-refractivity contribution in [3.8, 4) is 17.2 Å². The summed E-state index contributed by atoms with van der Waals surface area (Å²) in [6, 6.07) is 11.9. The number of amides is 1. The smallest absolute Gasteiger partial charge is 0.246 e. The molecule has 2 aromatic carbocycles. The largest absolute Gasteiger partial charge is 0.496 e. The van der Waals surface area contributed by atoms with Crippen LogP contribution in [0.5, 0.6) is 17.2 Å². The minimum atomic E-state index is -3.71. The zero-order valence-corrected chi connectivity index (χ0v) is 18.6. The van der Waals surface area contributed by atoms with Gasteiger partial charge in [-0.2, -0.15) is 4.31 Å². The average molecular weight is 447 g/mol. The van der Waals surface area contributed by atoms with Crippen LogP contribution >= 0.6 is 0 Å². The van der Waals surface area contributed by atoms with Crippen molar-refractivity contribution in [3.63, 3.8) is 0 Å². The normalized spacial score (nSPS) is 15.1. The van der Waals surface area contributed by atoms with Crippen LogP contribution in [-0.2, 0) is 14.8 Å². The van der Waals surface area contributed by atoms with Gasteiger partial charge in [0, 0.05) is 43.9 Å². The number of carbonyl (C=O) groups is 1. The summed E-state index contributed by atoms with van der Waals surface area (Å²) >= 11 is 0. The Hall–Kier alpha value is -3.04. The van der Waals surface area contributed by atoms with Crippen molar-refractivity contribution in [2.75, 3.05) is 47.5 Å². The molecular weight excluding hydrogens is 420 g/mol. The summed E-state index contributed by atoms with van der Waals surface area (Å²) in [6.07, 6.45) is 3.18. The summed E-state index contributed by atoms with van der Waals surface area (Å²) in [5, 5.41) is 0.